The van der Waals surface area contributed by atoms with Gasteiger partial charge in [-0.1, -0.05) is 26.2 Å². The topological polar surface area (TPSA) is 24.4 Å². The minimum absolute atomic E-state index is 0.472. The zero-order valence-electron chi connectivity index (χ0n) is 8.01. The van der Waals surface area contributed by atoms with Gasteiger partial charge in [-0.25, -0.2) is 0 Å². The number of rotatable bonds is 4. The molecule has 0 saturated heterocycles. The van der Waals surface area contributed by atoms with Gasteiger partial charge in [-0.15, -0.1) is 0 Å². The highest BCUT2D eigenvalue weighted by Crippen LogP contribution is 2.06. The molecule has 0 fully saturated rings. The Bertz CT molecular complexity index is 182. The predicted octanol–water partition coefficient (Wildman–Crippen LogP) is 2.47. The summed E-state index contributed by atoms with van der Waals surface area (Å²) in [6.07, 6.45) is 9.14. The lowest BCUT2D eigenvalue weighted by Gasteiger charge is -2.15. The van der Waals surface area contributed by atoms with Crippen molar-refractivity contribution in [3.05, 3.63) is 11.9 Å². The first-order chi connectivity index (χ1) is 5.83. The van der Waals surface area contributed by atoms with Crippen molar-refractivity contribution < 1.29 is 0 Å². The second-order valence-corrected chi connectivity index (χ2v) is 3.33. The van der Waals surface area contributed by atoms with Gasteiger partial charge < -0.3 is 5.32 Å². The van der Waals surface area contributed by atoms with Gasteiger partial charge in [-0.3, -0.25) is 4.99 Å². The minimum Gasteiger partial charge on any atom is -0.382 e. The van der Waals surface area contributed by atoms with Crippen molar-refractivity contribution in [1.29, 1.82) is 0 Å². The van der Waals surface area contributed by atoms with Gasteiger partial charge in [0.15, 0.2) is 0 Å². The summed E-state index contributed by atoms with van der Waals surface area (Å²) in [5.41, 5.74) is 1.07. The van der Waals surface area contributed by atoms with Crippen molar-refractivity contribution >= 4 is 6.21 Å². The van der Waals surface area contributed by atoms with Crippen LogP contribution in [0.25, 0.3) is 0 Å². The highest BCUT2D eigenvalue weighted by Gasteiger charge is 2.05. The molecule has 0 saturated carbocycles. The van der Waals surface area contributed by atoms with E-state index in [1.807, 2.05) is 19.3 Å². The fourth-order valence-corrected chi connectivity index (χ4v) is 1.29. The van der Waals surface area contributed by atoms with Crippen LogP contribution in [0.1, 0.15) is 39.5 Å². The standard InChI is InChI=1S/C10H18N2/c1-3-4-5-6-10-8-11-9(2)7-12-10/h7-8,10,12H,3-6H2,1-2H3. The lowest BCUT2D eigenvalue weighted by Crippen LogP contribution is -2.28. The van der Waals surface area contributed by atoms with Crippen LogP contribution in [0.5, 0.6) is 0 Å². The molecule has 0 aromatic rings. The van der Waals surface area contributed by atoms with Gasteiger partial charge in [0.25, 0.3) is 0 Å². The summed E-state index contributed by atoms with van der Waals surface area (Å²) >= 11 is 0. The maximum Gasteiger partial charge on any atom is 0.0611 e. The fourth-order valence-electron chi connectivity index (χ4n) is 1.29. The summed E-state index contributed by atoms with van der Waals surface area (Å²) in [6.45, 7) is 4.23. The Labute approximate surface area is 74.8 Å². The van der Waals surface area contributed by atoms with E-state index in [9.17, 15) is 0 Å². The summed E-state index contributed by atoms with van der Waals surface area (Å²) in [7, 11) is 0. The molecule has 1 heterocycles. The smallest absolute Gasteiger partial charge is 0.0611 e. The van der Waals surface area contributed by atoms with E-state index in [0.29, 0.717) is 6.04 Å². The van der Waals surface area contributed by atoms with Crippen LogP contribution in [0.15, 0.2) is 16.9 Å². The maximum atomic E-state index is 4.26. The van der Waals surface area contributed by atoms with E-state index in [1.54, 1.807) is 0 Å². The first-order valence-corrected chi connectivity index (χ1v) is 4.80. The number of hydrogen-bond donors (Lipinski definition) is 1. The molecule has 0 aromatic carbocycles. The number of aliphatic imine (C=N–C) groups is 1. The first kappa shape index (κ1) is 9.30. The molecule has 1 unspecified atom stereocenters. The van der Waals surface area contributed by atoms with Crippen LogP contribution in [-0.2, 0) is 0 Å². The Morgan fingerprint density at radius 3 is 2.92 bits per heavy atom. The average molecular weight is 166 g/mol. The second kappa shape index (κ2) is 4.96. The van der Waals surface area contributed by atoms with Gasteiger partial charge in [-0.2, -0.15) is 0 Å². The number of allylic oxidation sites excluding steroid dienone is 1. The average Bonchev–Trinajstić information content (AvgIpc) is 2.09. The molecule has 0 bridgehead atoms. The van der Waals surface area contributed by atoms with Gasteiger partial charge >= 0.3 is 0 Å². The number of unbranched alkanes of at least 4 members (excludes halogenated alkanes) is 2. The molecule has 12 heavy (non-hydrogen) atoms. The molecule has 0 aliphatic carbocycles. The largest absolute Gasteiger partial charge is 0.382 e. The van der Waals surface area contributed by atoms with Gasteiger partial charge in [0.1, 0.15) is 0 Å². The minimum atomic E-state index is 0.472. The van der Waals surface area contributed by atoms with Crippen LogP contribution in [0, 0.1) is 0 Å². The molecule has 1 N–H and O–H groups in total. The van der Waals surface area contributed by atoms with Gasteiger partial charge in [0.05, 0.1) is 11.7 Å². The van der Waals surface area contributed by atoms with Crippen molar-refractivity contribution in [1.82, 2.24) is 5.32 Å². The molecule has 0 amide bonds. The Morgan fingerprint density at radius 1 is 1.50 bits per heavy atom. The van der Waals surface area contributed by atoms with Crippen LogP contribution < -0.4 is 5.32 Å². The summed E-state index contributed by atoms with van der Waals surface area (Å²) in [4.78, 5) is 4.26. The van der Waals surface area contributed by atoms with Crippen molar-refractivity contribution in [2.24, 2.45) is 4.99 Å². The lowest BCUT2D eigenvalue weighted by molar-refractivity contribution is 0.596. The summed E-state index contributed by atoms with van der Waals surface area (Å²) in [5.74, 6) is 0. The molecule has 2 heteroatoms. The number of hydrogen-bond acceptors (Lipinski definition) is 2. The Hall–Kier alpha value is -0.790. The van der Waals surface area contributed by atoms with Crippen LogP contribution in [0.3, 0.4) is 0 Å². The van der Waals surface area contributed by atoms with Crippen LogP contribution in [0.2, 0.25) is 0 Å². The zero-order valence-corrected chi connectivity index (χ0v) is 8.01. The molecular weight excluding hydrogens is 148 g/mol. The third kappa shape index (κ3) is 3.07. The second-order valence-electron chi connectivity index (χ2n) is 3.33. The molecule has 2 nitrogen and oxygen atoms in total. The molecule has 1 atom stereocenters. The van der Waals surface area contributed by atoms with E-state index < -0.39 is 0 Å². The Kier molecular flexibility index (Phi) is 3.85. The molecule has 1 aliphatic rings. The third-order valence-corrected chi connectivity index (χ3v) is 2.08. The highest BCUT2D eigenvalue weighted by atomic mass is 15.0. The van der Waals surface area contributed by atoms with E-state index in [2.05, 4.69) is 17.2 Å². The quantitative estimate of drug-likeness (QED) is 0.637. The van der Waals surface area contributed by atoms with Gasteiger partial charge in [0, 0.05) is 12.4 Å². The lowest BCUT2D eigenvalue weighted by atomic mass is 10.1. The van der Waals surface area contributed by atoms with Crippen LogP contribution in [-0.4, -0.2) is 12.3 Å². The van der Waals surface area contributed by atoms with Crippen molar-refractivity contribution in [2.45, 2.75) is 45.6 Å². The highest BCUT2D eigenvalue weighted by molar-refractivity contribution is 5.67. The molecule has 1 aliphatic heterocycles. The number of nitrogens with one attached hydrogen (secondary N) is 1. The van der Waals surface area contributed by atoms with E-state index in [1.165, 1.54) is 25.7 Å². The van der Waals surface area contributed by atoms with Crippen molar-refractivity contribution in [3.8, 4) is 0 Å². The SMILES string of the molecule is CCCCCC1C=NC(C)=CN1. The van der Waals surface area contributed by atoms with Crippen LogP contribution >= 0.6 is 0 Å². The third-order valence-electron chi connectivity index (χ3n) is 2.08. The van der Waals surface area contributed by atoms with Gasteiger partial charge in [0.2, 0.25) is 0 Å². The first-order valence-electron chi connectivity index (χ1n) is 4.80. The zero-order chi connectivity index (χ0) is 8.81. The van der Waals surface area contributed by atoms with Crippen molar-refractivity contribution in [3.63, 3.8) is 0 Å². The molecule has 0 aromatic heterocycles. The van der Waals surface area contributed by atoms with Gasteiger partial charge in [-0.05, 0) is 13.3 Å². The molecule has 68 valence electrons. The molecule has 0 radical (unpaired) electrons. The summed E-state index contributed by atoms with van der Waals surface area (Å²) in [6, 6.07) is 0.472. The normalized spacial score (nSPS) is 21.8. The van der Waals surface area contributed by atoms with Crippen molar-refractivity contribution in [2.75, 3.05) is 0 Å². The van der Waals surface area contributed by atoms with E-state index in [4.69, 9.17) is 0 Å². The van der Waals surface area contributed by atoms with E-state index in [-0.39, 0.29) is 0 Å². The molecule has 1 rings (SSSR count). The Balaban J connectivity index is 2.16. The molecular formula is C10H18N2. The summed E-state index contributed by atoms with van der Waals surface area (Å²) < 4.78 is 0. The predicted molar refractivity (Wildman–Crippen MR) is 53.3 cm³/mol. The maximum absolute atomic E-state index is 4.26. The fraction of sp³-hybridized carbons (Fsp3) is 0.700. The van der Waals surface area contributed by atoms with E-state index in [0.717, 1.165) is 5.70 Å². The monoisotopic (exact) mass is 166 g/mol. The molecule has 0 spiro atoms. The number of nitrogens with zero attached hydrogens (tertiary/aromatic N) is 1. The Morgan fingerprint density at radius 2 is 2.33 bits per heavy atom. The van der Waals surface area contributed by atoms with E-state index >= 15 is 0 Å². The summed E-state index contributed by atoms with van der Waals surface area (Å²) in [5, 5.41) is 3.32. The van der Waals surface area contributed by atoms with Crippen LogP contribution in [0.4, 0.5) is 0 Å².